The van der Waals surface area contributed by atoms with E-state index in [2.05, 4.69) is 29.7 Å². The summed E-state index contributed by atoms with van der Waals surface area (Å²) in [5.74, 6) is 0. The van der Waals surface area contributed by atoms with Gasteiger partial charge in [0.05, 0.1) is 5.54 Å². The van der Waals surface area contributed by atoms with Crippen LogP contribution in [0.3, 0.4) is 0 Å². The van der Waals surface area contributed by atoms with E-state index in [-0.39, 0.29) is 5.54 Å². The lowest BCUT2D eigenvalue weighted by molar-refractivity contribution is 0.00486. The summed E-state index contributed by atoms with van der Waals surface area (Å²) in [4.78, 5) is 4.66. The maximum absolute atomic E-state index is 4.66. The fourth-order valence-corrected chi connectivity index (χ4v) is 0.427. The number of nitrogens with one attached hydrogen (secondary N) is 2. The fraction of sp³-hybridized carbons (Fsp3) is 1.00. The molecule has 0 unspecified atom stereocenters. The smallest absolute Gasteiger partial charge is 0.0543 e. The quantitative estimate of drug-likeness (QED) is 0.444. The predicted octanol–water partition coefficient (Wildman–Crippen LogP) is -0.196. The lowest BCUT2D eigenvalue weighted by Gasteiger charge is -2.10. The molecule has 3 heteroatoms. The molecule has 1 rings (SSSR count). The third kappa shape index (κ3) is 1.12. The third-order valence-corrected chi connectivity index (χ3v) is 0.914. The first-order valence-electron chi connectivity index (χ1n) is 2.37. The van der Waals surface area contributed by atoms with E-state index < -0.39 is 0 Å². The molecule has 0 bridgehead atoms. The van der Waals surface area contributed by atoms with Gasteiger partial charge in [-0.25, -0.2) is 4.94 Å². The molecule has 0 atom stereocenters. The highest BCUT2D eigenvalue weighted by molar-refractivity contribution is 4.76. The molecule has 1 aliphatic rings. The van der Waals surface area contributed by atoms with Gasteiger partial charge in [-0.2, -0.15) is 11.0 Å². The Morgan fingerprint density at radius 3 is 2.43 bits per heavy atom. The van der Waals surface area contributed by atoms with Crippen molar-refractivity contribution in [2.45, 2.75) is 19.4 Å². The molecule has 3 nitrogen and oxygen atoms in total. The molecule has 0 spiro atoms. The molecule has 1 aliphatic heterocycles. The molecule has 0 radical (unpaired) electrons. The Hall–Kier alpha value is -0.120. The highest BCUT2D eigenvalue weighted by atomic mass is 16.8. The second-order valence-corrected chi connectivity index (χ2v) is 2.41. The molecule has 1 saturated heterocycles. The molecule has 0 aliphatic carbocycles. The molecule has 2 N–H and O–H groups in total. The Labute approximate surface area is 42.9 Å². The monoisotopic (exact) mass is 102 g/mol. The maximum Gasteiger partial charge on any atom is 0.0543 e. The fourth-order valence-electron chi connectivity index (χ4n) is 0.427. The SMILES string of the molecule is CC1(C)CNON1. The topological polar surface area (TPSA) is 33.3 Å². The van der Waals surface area contributed by atoms with Crippen LogP contribution in [-0.4, -0.2) is 12.1 Å². The Balaban J connectivity index is 2.40. The van der Waals surface area contributed by atoms with Crippen LogP contribution < -0.4 is 11.0 Å². The van der Waals surface area contributed by atoms with E-state index in [9.17, 15) is 0 Å². The van der Waals surface area contributed by atoms with Gasteiger partial charge in [-0.05, 0) is 13.8 Å². The van der Waals surface area contributed by atoms with Crippen LogP contribution in [-0.2, 0) is 4.94 Å². The van der Waals surface area contributed by atoms with Gasteiger partial charge in [-0.15, -0.1) is 0 Å². The van der Waals surface area contributed by atoms with Crippen molar-refractivity contribution in [1.29, 1.82) is 0 Å². The standard InChI is InChI=1S/C4H10N2O/c1-4(2)3-5-7-6-4/h5-6H,3H2,1-2H3. The van der Waals surface area contributed by atoms with Crippen LogP contribution in [0, 0.1) is 0 Å². The molecule has 0 aromatic carbocycles. The summed E-state index contributed by atoms with van der Waals surface area (Å²) in [5.41, 5.74) is 5.60. The molecular formula is C4H10N2O. The van der Waals surface area contributed by atoms with Gasteiger partial charge in [0.25, 0.3) is 0 Å². The summed E-state index contributed by atoms with van der Waals surface area (Å²) in [5, 5.41) is 0. The summed E-state index contributed by atoms with van der Waals surface area (Å²) >= 11 is 0. The molecule has 0 saturated carbocycles. The second kappa shape index (κ2) is 1.43. The first kappa shape index (κ1) is 5.03. The van der Waals surface area contributed by atoms with E-state index in [4.69, 9.17) is 0 Å². The van der Waals surface area contributed by atoms with Crippen LogP contribution in [0.4, 0.5) is 0 Å². The Morgan fingerprint density at radius 1 is 1.57 bits per heavy atom. The Kier molecular flexibility index (Phi) is 1.03. The highest BCUT2D eigenvalue weighted by Gasteiger charge is 2.22. The van der Waals surface area contributed by atoms with Crippen LogP contribution in [0.5, 0.6) is 0 Å². The number of hydrogen-bond donors (Lipinski definition) is 2. The van der Waals surface area contributed by atoms with Gasteiger partial charge < -0.3 is 0 Å². The van der Waals surface area contributed by atoms with E-state index in [1.165, 1.54) is 0 Å². The average molecular weight is 102 g/mol. The Bertz CT molecular complexity index is 64.1. The largest absolute Gasteiger partial charge is 0.213 e. The normalized spacial score (nSPS) is 28.3. The van der Waals surface area contributed by atoms with Crippen molar-refractivity contribution in [3.8, 4) is 0 Å². The van der Waals surface area contributed by atoms with E-state index >= 15 is 0 Å². The van der Waals surface area contributed by atoms with Gasteiger partial charge in [0.1, 0.15) is 0 Å². The number of rotatable bonds is 0. The van der Waals surface area contributed by atoms with Crippen molar-refractivity contribution in [3.05, 3.63) is 0 Å². The van der Waals surface area contributed by atoms with Gasteiger partial charge in [0, 0.05) is 6.54 Å². The van der Waals surface area contributed by atoms with E-state index in [0.29, 0.717) is 0 Å². The van der Waals surface area contributed by atoms with Crippen molar-refractivity contribution >= 4 is 0 Å². The number of hydrogen-bond acceptors (Lipinski definition) is 3. The van der Waals surface area contributed by atoms with Crippen LogP contribution >= 0.6 is 0 Å². The zero-order valence-corrected chi connectivity index (χ0v) is 4.62. The third-order valence-electron chi connectivity index (χ3n) is 0.914. The average Bonchev–Trinajstić information content (AvgIpc) is 1.84. The maximum atomic E-state index is 4.66. The minimum Gasteiger partial charge on any atom is -0.213 e. The summed E-state index contributed by atoms with van der Waals surface area (Å²) in [7, 11) is 0. The second-order valence-electron chi connectivity index (χ2n) is 2.41. The molecule has 0 amide bonds. The van der Waals surface area contributed by atoms with Gasteiger partial charge in [0.2, 0.25) is 0 Å². The van der Waals surface area contributed by atoms with E-state index in [1.807, 2.05) is 0 Å². The molecule has 1 fully saturated rings. The minimum atomic E-state index is 0.111. The molecule has 0 aromatic heterocycles. The van der Waals surface area contributed by atoms with Crippen molar-refractivity contribution < 1.29 is 4.94 Å². The summed E-state index contributed by atoms with van der Waals surface area (Å²) < 4.78 is 0. The van der Waals surface area contributed by atoms with Gasteiger partial charge in [0.15, 0.2) is 0 Å². The lowest BCUT2D eigenvalue weighted by Crippen LogP contribution is -2.34. The zero-order chi connectivity index (χ0) is 5.33. The molecule has 7 heavy (non-hydrogen) atoms. The van der Waals surface area contributed by atoms with Crippen LogP contribution in [0.1, 0.15) is 13.8 Å². The van der Waals surface area contributed by atoms with Crippen LogP contribution in [0.15, 0.2) is 0 Å². The van der Waals surface area contributed by atoms with Crippen LogP contribution in [0.2, 0.25) is 0 Å². The number of hydroxylamine groups is 2. The van der Waals surface area contributed by atoms with Gasteiger partial charge >= 0.3 is 0 Å². The Morgan fingerprint density at radius 2 is 2.29 bits per heavy atom. The summed E-state index contributed by atoms with van der Waals surface area (Å²) in [6.45, 7) is 4.99. The highest BCUT2D eigenvalue weighted by Crippen LogP contribution is 2.02. The zero-order valence-electron chi connectivity index (χ0n) is 4.62. The molecular weight excluding hydrogens is 92.1 g/mol. The first-order valence-corrected chi connectivity index (χ1v) is 2.37. The first-order chi connectivity index (χ1) is 3.21. The lowest BCUT2D eigenvalue weighted by atomic mass is 10.1. The van der Waals surface area contributed by atoms with Gasteiger partial charge in [-0.1, -0.05) is 0 Å². The summed E-state index contributed by atoms with van der Waals surface area (Å²) in [6.07, 6.45) is 0. The van der Waals surface area contributed by atoms with E-state index in [1.54, 1.807) is 0 Å². The molecule has 42 valence electrons. The predicted molar refractivity (Wildman–Crippen MR) is 26.3 cm³/mol. The van der Waals surface area contributed by atoms with Crippen molar-refractivity contribution in [3.63, 3.8) is 0 Å². The van der Waals surface area contributed by atoms with Crippen molar-refractivity contribution in [2.75, 3.05) is 6.54 Å². The minimum absolute atomic E-state index is 0.111. The van der Waals surface area contributed by atoms with Crippen molar-refractivity contribution in [2.24, 2.45) is 0 Å². The summed E-state index contributed by atoms with van der Waals surface area (Å²) in [6, 6.07) is 0. The molecule has 1 heterocycles. The van der Waals surface area contributed by atoms with Gasteiger partial charge in [-0.3, -0.25) is 0 Å². The van der Waals surface area contributed by atoms with Crippen LogP contribution in [0.25, 0.3) is 0 Å². The molecule has 0 aromatic rings. The van der Waals surface area contributed by atoms with Crippen molar-refractivity contribution in [1.82, 2.24) is 11.0 Å². The van der Waals surface area contributed by atoms with E-state index in [0.717, 1.165) is 6.54 Å².